The third-order valence-corrected chi connectivity index (χ3v) is 7.55. The van der Waals surface area contributed by atoms with Crippen molar-refractivity contribution in [1.29, 1.82) is 0 Å². The lowest BCUT2D eigenvalue weighted by atomic mass is 9.78. The molecule has 2 fully saturated rings. The summed E-state index contributed by atoms with van der Waals surface area (Å²) in [5.74, 6) is 0.414. The fraction of sp³-hybridized carbons (Fsp3) is 0.517. The molecule has 6 nitrogen and oxygen atoms in total. The van der Waals surface area contributed by atoms with Gasteiger partial charge in [0.1, 0.15) is 12.2 Å². The van der Waals surface area contributed by atoms with Crippen LogP contribution in [0.1, 0.15) is 69.9 Å². The van der Waals surface area contributed by atoms with Crippen LogP contribution in [-0.2, 0) is 9.47 Å². The molecule has 0 spiro atoms. The lowest BCUT2D eigenvalue weighted by molar-refractivity contribution is 0.00377. The van der Waals surface area contributed by atoms with Crippen LogP contribution in [0.3, 0.4) is 0 Å². The van der Waals surface area contributed by atoms with Crippen molar-refractivity contribution in [3.05, 3.63) is 59.7 Å². The van der Waals surface area contributed by atoms with Gasteiger partial charge in [0.2, 0.25) is 0 Å². The Morgan fingerprint density at radius 2 is 1.51 bits per heavy atom. The fourth-order valence-corrected chi connectivity index (χ4v) is 6.17. The van der Waals surface area contributed by atoms with Crippen molar-refractivity contribution in [2.45, 2.75) is 76.5 Å². The molecular formula is C29H36N2O4. The highest BCUT2D eigenvalue weighted by molar-refractivity contribution is 5.79. The Kier molecular flexibility index (Phi) is 6.47. The number of ether oxygens (including phenoxy) is 2. The first-order valence-corrected chi connectivity index (χ1v) is 12.9. The van der Waals surface area contributed by atoms with Crippen LogP contribution in [0.15, 0.2) is 48.5 Å². The van der Waals surface area contributed by atoms with Crippen molar-refractivity contribution in [3.63, 3.8) is 0 Å². The molecule has 186 valence electrons. The van der Waals surface area contributed by atoms with Crippen molar-refractivity contribution < 1.29 is 19.1 Å². The molecule has 2 unspecified atom stereocenters. The molecule has 6 heteroatoms. The molecule has 0 radical (unpaired) electrons. The molecule has 3 aliphatic rings. The van der Waals surface area contributed by atoms with E-state index in [2.05, 4.69) is 53.8 Å². The molecule has 2 atom stereocenters. The second kappa shape index (κ2) is 9.56. The summed E-state index contributed by atoms with van der Waals surface area (Å²) in [5.41, 5.74) is 4.43. The highest BCUT2D eigenvalue weighted by Crippen LogP contribution is 2.45. The second-order valence-electron chi connectivity index (χ2n) is 11.2. The third-order valence-electron chi connectivity index (χ3n) is 7.55. The Morgan fingerprint density at radius 3 is 2.09 bits per heavy atom. The molecule has 2 heterocycles. The van der Waals surface area contributed by atoms with Crippen LogP contribution in [0.25, 0.3) is 11.1 Å². The predicted molar refractivity (Wildman–Crippen MR) is 135 cm³/mol. The molecule has 1 aliphatic carbocycles. The number of piperidine rings is 2. The molecular weight excluding hydrogens is 440 g/mol. The smallest absolute Gasteiger partial charge is 0.410 e. The van der Waals surface area contributed by atoms with Gasteiger partial charge in [0.05, 0.1) is 0 Å². The normalized spacial score (nSPS) is 23.3. The van der Waals surface area contributed by atoms with Gasteiger partial charge in [-0.3, -0.25) is 0 Å². The van der Waals surface area contributed by atoms with Gasteiger partial charge in [0.15, 0.2) is 0 Å². The zero-order valence-corrected chi connectivity index (χ0v) is 21.0. The maximum absolute atomic E-state index is 13.3. The van der Waals surface area contributed by atoms with Gasteiger partial charge in [-0.15, -0.1) is 0 Å². The number of benzene rings is 2. The summed E-state index contributed by atoms with van der Waals surface area (Å²) in [6, 6.07) is 17.2. The second-order valence-corrected chi connectivity index (χ2v) is 11.2. The van der Waals surface area contributed by atoms with Crippen LogP contribution in [0.2, 0.25) is 0 Å². The van der Waals surface area contributed by atoms with E-state index in [-0.39, 0.29) is 30.2 Å². The molecule has 0 saturated carbocycles. The molecule has 2 saturated heterocycles. The van der Waals surface area contributed by atoms with E-state index in [9.17, 15) is 9.59 Å². The van der Waals surface area contributed by atoms with E-state index in [1.165, 1.54) is 22.3 Å². The summed E-state index contributed by atoms with van der Waals surface area (Å²) in [4.78, 5) is 27.4. The Hall–Kier alpha value is -3.02. The molecule has 5 rings (SSSR count). The summed E-state index contributed by atoms with van der Waals surface area (Å²) in [6.07, 6.45) is 4.32. The van der Waals surface area contributed by atoms with Gasteiger partial charge in [-0.2, -0.15) is 0 Å². The number of nitrogens with one attached hydrogen (secondary N) is 1. The van der Waals surface area contributed by atoms with E-state index in [1.807, 2.05) is 25.7 Å². The number of fused-ring (bicyclic) bond motifs is 5. The summed E-state index contributed by atoms with van der Waals surface area (Å²) >= 11 is 0. The highest BCUT2D eigenvalue weighted by atomic mass is 16.6. The van der Waals surface area contributed by atoms with Crippen molar-refractivity contribution in [2.75, 3.05) is 13.2 Å². The fourth-order valence-electron chi connectivity index (χ4n) is 6.17. The summed E-state index contributed by atoms with van der Waals surface area (Å²) in [7, 11) is 0. The van der Waals surface area contributed by atoms with Gasteiger partial charge in [0, 0.05) is 24.5 Å². The number of rotatable bonds is 4. The number of nitrogens with zero attached hydrogens (tertiary/aromatic N) is 1. The lowest BCUT2D eigenvalue weighted by Crippen LogP contribution is -2.56. The van der Waals surface area contributed by atoms with Crippen LogP contribution < -0.4 is 5.32 Å². The maximum Gasteiger partial charge on any atom is 0.410 e. The topological polar surface area (TPSA) is 67.9 Å². The van der Waals surface area contributed by atoms with Crippen LogP contribution >= 0.6 is 0 Å². The molecule has 2 amide bonds. The Labute approximate surface area is 208 Å². The number of carbonyl (C=O) groups excluding carboxylic acids is 2. The number of amides is 2. The quantitative estimate of drug-likeness (QED) is 0.580. The molecule has 2 bridgehead atoms. The SMILES string of the molecule is CC(C)(C)OC(=O)NCC1CC2CCCC(C1)N2C(=O)OCC1c2ccccc2-c2ccccc21. The van der Waals surface area contributed by atoms with E-state index in [1.54, 1.807) is 0 Å². The van der Waals surface area contributed by atoms with Gasteiger partial charge in [-0.1, -0.05) is 48.5 Å². The van der Waals surface area contributed by atoms with Crippen LogP contribution in [0.5, 0.6) is 0 Å². The average Bonchev–Trinajstić information content (AvgIpc) is 3.13. The van der Waals surface area contributed by atoms with E-state index in [4.69, 9.17) is 9.47 Å². The van der Waals surface area contributed by atoms with Gasteiger partial charge in [-0.25, -0.2) is 9.59 Å². The maximum atomic E-state index is 13.3. The van der Waals surface area contributed by atoms with E-state index in [0.717, 1.165) is 32.1 Å². The van der Waals surface area contributed by atoms with Crippen LogP contribution in [0, 0.1) is 5.92 Å². The van der Waals surface area contributed by atoms with E-state index < -0.39 is 5.60 Å². The van der Waals surface area contributed by atoms with Crippen molar-refractivity contribution in [1.82, 2.24) is 10.2 Å². The number of alkyl carbamates (subject to hydrolysis) is 1. The van der Waals surface area contributed by atoms with E-state index in [0.29, 0.717) is 19.1 Å². The summed E-state index contributed by atoms with van der Waals surface area (Å²) < 4.78 is 11.4. The minimum absolute atomic E-state index is 0.0711. The summed E-state index contributed by atoms with van der Waals surface area (Å²) in [5, 5.41) is 2.93. The van der Waals surface area contributed by atoms with Crippen molar-refractivity contribution in [3.8, 4) is 11.1 Å². The first-order chi connectivity index (χ1) is 16.8. The Balaban J connectivity index is 1.21. The van der Waals surface area contributed by atoms with E-state index >= 15 is 0 Å². The number of hydrogen-bond donors (Lipinski definition) is 1. The van der Waals surface area contributed by atoms with Crippen LogP contribution in [0.4, 0.5) is 9.59 Å². The minimum atomic E-state index is -0.506. The number of carbonyl (C=O) groups is 2. The highest BCUT2D eigenvalue weighted by Gasteiger charge is 2.42. The van der Waals surface area contributed by atoms with Gasteiger partial charge in [-0.05, 0) is 81.0 Å². The lowest BCUT2D eigenvalue weighted by Gasteiger charge is -2.48. The molecule has 2 aromatic rings. The Morgan fingerprint density at radius 1 is 0.943 bits per heavy atom. The molecule has 2 aromatic carbocycles. The van der Waals surface area contributed by atoms with Crippen molar-refractivity contribution >= 4 is 12.2 Å². The Bertz CT molecular complexity index is 1030. The molecule has 0 aromatic heterocycles. The summed E-state index contributed by atoms with van der Waals surface area (Å²) in [6.45, 7) is 6.53. The first-order valence-electron chi connectivity index (χ1n) is 12.9. The van der Waals surface area contributed by atoms with Gasteiger partial charge in [0.25, 0.3) is 0 Å². The molecule has 35 heavy (non-hydrogen) atoms. The zero-order chi connectivity index (χ0) is 24.6. The number of hydrogen-bond acceptors (Lipinski definition) is 4. The monoisotopic (exact) mass is 476 g/mol. The zero-order valence-electron chi connectivity index (χ0n) is 21.0. The largest absolute Gasteiger partial charge is 0.448 e. The molecule has 2 aliphatic heterocycles. The van der Waals surface area contributed by atoms with Gasteiger partial charge >= 0.3 is 12.2 Å². The van der Waals surface area contributed by atoms with Crippen LogP contribution in [-0.4, -0.2) is 47.9 Å². The minimum Gasteiger partial charge on any atom is -0.448 e. The average molecular weight is 477 g/mol. The predicted octanol–water partition coefficient (Wildman–Crippen LogP) is 6.09. The van der Waals surface area contributed by atoms with Crippen molar-refractivity contribution in [2.24, 2.45) is 5.92 Å². The first kappa shape index (κ1) is 23.7. The molecule has 1 N–H and O–H groups in total. The van der Waals surface area contributed by atoms with Gasteiger partial charge < -0.3 is 19.7 Å². The standard InChI is InChI=1S/C29H36N2O4/c1-29(2,3)35-27(32)30-17-19-15-20-9-8-10-21(16-19)31(20)28(33)34-18-26-24-13-6-4-11-22(24)23-12-5-7-14-25(23)26/h4-7,11-14,19-21,26H,8-10,15-18H2,1-3H3,(H,30,32). The third kappa shape index (κ3) is 5.02.